The zero-order chi connectivity index (χ0) is 16.4. The van der Waals surface area contributed by atoms with Crippen LogP contribution in [0, 0.1) is 5.92 Å². The molecule has 1 aliphatic rings. The molecule has 5 nitrogen and oxygen atoms in total. The summed E-state index contributed by atoms with van der Waals surface area (Å²) >= 11 is 0. The van der Waals surface area contributed by atoms with Crippen molar-refractivity contribution in [3.63, 3.8) is 0 Å². The lowest BCUT2D eigenvalue weighted by molar-refractivity contribution is -0.274. The second kappa shape index (κ2) is 6.43. The largest absolute Gasteiger partial charge is 0.573 e. The summed E-state index contributed by atoms with van der Waals surface area (Å²) in [4.78, 5) is -0.195. The van der Waals surface area contributed by atoms with E-state index >= 15 is 0 Å². The number of hydrogen-bond donors (Lipinski definition) is 1. The molecule has 0 spiro atoms. The van der Waals surface area contributed by atoms with Gasteiger partial charge in [-0.3, -0.25) is 0 Å². The third kappa shape index (κ3) is 4.11. The second-order valence-electron chi connectivity index (χ2n) is 5.10. The van der Waals surface area contributed by atoms with Crippen LogP contribution < -0.4 is 10.1 Å². The van der Waals surface area contributed by atoms with Gasteiger partial charge in [0.05, 0.1) is 4.90 Å². The van der Waals surface area contributed by atoms with Gasteiger partial charge in [0.2, 0.25) is 10.0 Å². The van der Waals surface area contributed by atoms with Crippen LogP contribution in [0.2, 0.25) is 0 Å². The zero-order valence-electron chi connectivity index (χ0n) is 11.9. The normalized spacial score (nSPS) is 20.3. The molecule has 2 rings (SSSR count). The van der Waals surface area contributed by atoms with E-state index in [9.17, 15) is 21.6 Å². The second-order valence-corrected chi connectivity index (χ2v) is 7.04. The minimum atomic E-state index is -4.85. The van der Waals surface area contributed by atoms with Crippen LogP contribution in [0.25, 0.3) is 0 Å². The molecule has 1 N–H and O–H groups in total. The summed E-state index contributed by atoms with van der Waals surface area (Å²) in [5.41, 5.74) is 0. The smallest absolute Gasteiger partial charge is 0.406 e. The first-order chi connectivity index (χ1) is 10.2. The lowest BCUT2D eigenvalue weighted by Gasteiger charge is -2.17. The quantitative estimate of drug-likeness (QED) is 0.890. The molecule has 0 saturated carbocycles. The molecule has 0 radical (unpaired) electrons. The number of sulfonamides is 1. The Balaban J connectivity index is 2.18. The third-order valence-electron chi connectivity index (χ3n) is 3.42. The molecular formula is C13H17F3N2O3S. The first-order valence-electron chi connectivity index (χ1n) is 6.73. The molecule has 124 valence electrons. The number of ether oxygens (including phenoxy) is 1. The highest BCUT2D eigenvalue weighted by Crippen LogP contribution is 2.28. The van der Waals surface area contributed by atoms with Gasteiger partial charge in [0.25, 0.3) is 0 Å². The summed E-state index contributed by atoms with van der Waals surface area (Å²) in [6.45, 7) is 1.41. The van der Waals surface area contributed by atoms with Gasteiger partial charge in [-0.25, -0.2) is 8.42 Å². The first-order valence-corrected chi connectivity index (χ1v) is 8.17. The van der Waals surface area contributed by atoms with Crippen LogP contribution in [-0.2, 0) is 10.0 Å². The van der Waals surface area contributed by atoms with Crippen LogP contribution in [0.3, 0.4) is 0 Å². The third-order valence-corrected chi connectivity index (χ3v) is 5.28. The number of nitrogens with zero attached hydrogens (tertiary/aromatic N) is 1. The SMILES string of the molecule is CNC[C@@H]1CCN(S(=O)(=O)c2cccc(OC(F)(F)F)c2)C1. The fourth-order valence-corrected chi connectivity index (χ4v) is 4.02. The maximum absolute atomic E-state index is 12.5. The minimum absolute atomic E-state index is 0.195. The molecule has 1 heterocycles. The molecule has 1 aliphatic heterocycles. The first kappa shape index (κ1) is 17.0. The van der Waals surface area contributed by atoms with E-state index in [-0.39, 0.29) is 10.8 Å². The Labute approximate surface area is 127 Å². The Kier molecular flexibility index (Phi) is 4.98. The minimum Gasteiger partial charge on any atom is -0.406 e. The van der Waals surface area contributed by atoms with E-state index in [2.05, 4.69) is 10.1 Å². The van der Waals surface area contributed by atoms with E-state index in [1.165, 1.54) is 16.4 Å². The molecule has 1 atom stereocenters. The number of alkyl halides is 3. The Bertz CT molecular complexity index is 619. The van der Waals surface area contributed by atoms with Gasteiger partial charge < -0.3 is 10.1 Å². The molecule has 1 aromatic rings. The van der Waals surface area contributed by atoms with Crippen molar-refractivity contribution in [2.45, 2.75) is 17.7 Å². The number of rotatable bonds is 5. The van der Waals surface area contributed by atoms with Crippen LogP contribution in [0.15, 0.2) is 29.2 Å². The Morgan fingerprint density at radius 2 is 2.14 bits per heavy atom. The van der Waals surface area contributed by atoms with E-state index in [1.807, 2.05) is 0 Å². The summed E-state index contributed by atoms with van der Waals surface area (Å²) < 4.78 is 66.7. The highest BCUT2D eigenvalue weighted by Gasteiger charge is 2.34. The van der Waals surface area contributed by atoms with Gasteiger partial charge in [-0.1, -0.05) is 6.07 Å². The number of hydrogen-bond acceptors (Lipinski definition) is 4. The molecule has 1 aromatic carbocycles. The van der Waals surface area contributed by atoms with Crippen LogP contribution in [0.4, 0.5) is 13.2 Å². The van der Waals surface area contributed by atoms with Crippen LogP contribution in [0.5, 0.6) is 5.75 Å². The summed E-state index contributed by atoms with van der Waals surface area (Å²) in [7, 11) is -2.02. The molecule has 0 bridgehead atoms. The lowest BCUT2D eigenvalue weighted by atomic mass is 10.1. The average molecular weight is 338 g/mol. The van der Waals surface area contributed by atoms with Gasteiger partial charge in [0, 0.05) is 19.2 Å². The summed E-state index contributed by atoms with van der Waals surface area (Å²) in [5, 5.41) is 2.99. The topological polar surface area (TPSA) is 58.6 Å². The van der Waals surface area contributed by atoms with Crippen molar-refractivity contribution < 1.29 is 26.3 Å². The van der Waals surface area contributed by atoms with Crippen molar-refractivity contribution in [2.24, 2.45) is 5.92 Å². The predicted molar refractivity (Wildman–Crippen MR) is 73.9 cm³/mol. The molecule has 1 saturated heterocycles. The molecule has 9 heteroatoms. The van der Waals surface area contributed by atoms with Crippen molar-refractivity contribution >= 4 is 10.0 Å². The molecule has 22 heavy (non-hydrogen) atoms. The van der Waals surface area contributed by atoms with Gasteiger partial charge in [-0.15, -0.1) is 13.2 Å². The summed E-state index contributed by atoms with van der Waals surface area (Å²) in [5.74, 6) is -0.339. The van der Waals surface area contributed by atoms with E-state index in [4.69, 9.17) is 0 Å². The van der Waals surface area contributed by atoms with Crippen LogP contribution in [-0.4, -0.2) is 45.8 Å². The number of benzene rings is 1. The van der Waals surface area contributed by atoms with E-state index in [1.54, 1.807) is 7.05 Å². The fourth-order valence-electron chi connectivity index (χ4n) is 2.45. The lowest BCUT2D eigenvalue weighted by Crippen LogP contribution is -2.30. The van der Waals surface area contributed by atoms with Crippen molar-refractivity contribution in [1.82, 2.24) is 9.62 Å². The van der Waals surface area contributed by atoms with E-state index in [0.717, 1.165) is 18.6 Å². The monoisotopic (exact) mass is 338 g/mol. The zero-order valence-corrected chi connectivity index (χ0v) is 12.7. The van der Waals surface area contributed by atoms with Gasteiger partial charge in [-0.2, -0.15) is 4.31 Å². The molecule has 0 amide bonds. The highest BCUT2D eigenvalue weighted by atomic mass is 32.2. The molecule has 0 unspecified atom stereocenters. The van der Waals surface area contributed by atoms with Crippen LogP contribution >= 0.6 is 0 Å². The van der Waals surface area contributed by atoms with Crippen molar-refractivity contribution in [2.75, 3.05) is 26.7 Å². The summed E-state index contributed by atoms with van der Waals surface area (Å²) in [6.07, 6.45) is -4.13. The standard InChI is InChI=1S/C13H17F3N2O3S/c1-17-8-10-5-6-18(9-10)22(19,20)12-4-2-3-11(7-12)21-13(14,15)16/h2-4,7,10,17H,5-6,8-9H2,1H3/t10-/m0/s1. The summed E-state index contributed by atoms with van der Waals surface area (Å²) in [6, 6.07) is 4.47. The van der Waals surface area contributed by atoms with Crippen molar-refractivity contribution in [1.29, 1.82) is 0 Å². The number of nitrogens with one attached hydrogen (secondary N) is 1. The van der Waals surface area contributed by atoms with E-state index in [0.29, 0.717) is 19.6 Å². The van der Waals surface area contributed by atoms with E-state index < -0.39 is 22.1 Å². The fraction of sp³-hybridized carbons (Fsp3) is 0.538. The van der Waals surface area contributed by atoms with Crippen molar-refractivity contribution in [3.05, 3.63) is 24.3 Å². The molecular weight excluding hydrogens is 321 g/mol. The maximum Gasteiger partial charge on any atom is 0.573 e. The van der Waals surface area contributed by atoms with Gasteiger partial charge in [-0.05, 0) is 38.1 Å². The Morgan fingerprint density at radius 1 is 1.41 bits per heavy atom. The Morgan fingerprint density at radius 3 is 2.77 bits per heavy atom. The molecule has 0 aromatic heterocycles. The van der Waals surface area contributed by atoms with Gasteiger partial charge in [0.15, 0.2) is 0 Å². The Hall–Kier alpha value is -1.32. The van der Waals surface area contributed by atoms with Gasteiger partial charge >= 0.3 is 6.36 Å². The highest BCUT2D eigenvalue weighted by molar-refractivity contribution is 7.89. The van der Waals surface area contributed by atoms with Crippen LogP contribution in [0.1, 0.15) is 6.42 Å². The van der Waals surface area contributed by atoms with Gasteiger partial charge in [0.1, 0.15) is 5.75 Å². The predicted octanol–water partition coefficient (Wildman–Crippen LogP) is 1.82. The molecule has 0 aliphatic carbocycles. The maximum atomic E-state index is 12.5. The number of halogens is 3. The van der Waals surface area contributed by atoms with Crippen molar-refractivity contribution in [3.8, 4) is 5.75 Å². The molecule has 1 fully saturated rings. The average Bonchev–Trinajstić information content (AvgIpc) is 2.87.